The number of aromatic nitrogens is 1. The fourth-order valence-electron chi connectivity index (χ4n) is 2.44. The maximum Gasteiger partial charge on any atom is 0.253 e. The molecule has 0 aromatic carbocycles. The summed E-state index contributed by atoms with van der Waals surface area (Å²) in [5, 5.41) is 6.21. The molecule has 116 valence electrons. The lowest BCUT2D eigenvalue weighted by Crippen LogP contribution is -2.46. The highest BCUT2D eigenvalue weighted by atomic mass is 16.5. The lowest BCUT2D eigenvalue weighted by atomic mass is 10.2. The van der Waals surface area contributed by atoms with Crippen LogP contribution in [0.15, 0.2) is 18.5 Å². The molecule has 1 fully saturated rings. The Bertz CT molecular complexity index is 461. The minimum atomic E-state index is -0.0610. The number of nitrogens with zero attached hydrogens (tertiary/aromatic N) is 2. The van der Waals surface area contributed by atoms with E-state index in [1.54, 1.807) is 18.5 Å². The molecule has 1 aliphatic rings. The molecular formula is C15H24N4O2. The van der Waals surface area contributed by atoms with Gasteiger partial charge in [-0.2, -0.15) is 0 Å². The number of rotatable bonds is 6. The van der Waals surface area contributed by atoms with Crippen LogP contribution in [0.1, 0.15) is 24.2 Å². The Labute approximate surface area is 125 Å². The average molecular weight is 292 g/mol. The third kappa shape index (κ3) is 4.68. The van der Waals surface area contributed by atoms with Gasteiger partial charge in [0.25, 0.3) is 5.91 Å². The summed E-state index contributed by atoms with van der Waals surface area (Å²) in [6, 6.07) is 1.84. The van der Waals surface area contributed by atoms with Gasteiger partial charge in [0.1, 0.15) is 0 Å². The molecule has 0 saturated carbocycles. The summed E-state index contributed by atoms with van der Waals surface area (Å²) in [6.07, 6.45) is 3.33. The molecule has 6 nitrogen and oxygen atoms in total. The fraction of sp³-hybridized carbons (Fsp3) is 0.600. The third-order valence-corrected chi connectivity index (χ3v) is 3.45. The van der Waals surface area contributed by atoms with E-state index in [4.69, 9.17) is 4.74 Å². The maximum absolute atomic E-state index is 12.4. The predicted octanol–water partition coefficient (Wildman–Crippen LogP) is 0.964. The van der Waals surface area contributed by atoms with Crippen LogP contribution in [0.3, 0.4) is 0 Å². The molecule has 2 N–H and O–H groups in total. The first kappa shape index (κ1) is 15.7. The zero-order valence-electron chi connectivity index (χ0n) is 12.8. The van der Waals surface area contributed by atoms with Crippen molar-refractivity contribution in [3.63, 3.8) is 0 Å². The van der Waals surface area contributed by atoms with Crippen LogP contribution in [0.5, 0.6) is 0 Å². The summed E-state index contributed by atoms with van der Waals surface area (Å²) < 4.78 is 5.33. The Morgan fingerprint density at radius 3 is 2.95 bits per heavy atom. The van der Waals surface area contributed by atoms with Gasteiger partial charge in [-0.05, 0) is 19.9 Å². The van der Waals surface area contributed by atoms with Gasteiger partial charge in [-0.15, -0.1) is 0 Å². The molecule has 0 aliphatic carbocycles. The molecule has 1 saturated heterocycles. The highest BCUT2D eigenvalue weighted by molar-refractivity contribution is 5.99. The Hall–Kier alpha value is -1.66. The van der Waals surface area contributed by atoms with Gasteiger partial charge in [-0.1, -0.05) is 0 Å². The highest BCUT2D eigenvalue weighted by Crippen LogP contribution is 2.13. The number of hydrogen-bond acceptors (Lipinski definition) is 5. The molecule has 6 heteroatoms. The molecule has 1 aromatic heterocycles. The number of anilines is 1. The Kier molecular flexibility index (Phi) is 5.95. The maximum atomic E-state index is 12.4. The Balaban J connectivity index is 1.91. The Morgan fingerprint density at radius 1 is 1.48 bits per heavy atom. The van der Waals surface area contributed by atoms with Crippen LogP contribution < -0.4 is 10.6 Å². The average Bonchev–Trinajstić information content (AvgIpc) is 2.49. The molecule has 0 radical (unpaired) electrons. The molecule has 1 atom stereocenters. The lowest BCUT2D eigenvalue weighted by Gasteiger charge is -2.29. The van der Waals surface area contributed by atoms with Crippen LogP contribution in [0.2, 0.25) is 0 Å². The van der Waals surface area contributed by atoms with E-state index in [0.29, 0.717) is 5.56 Å². The van der Waals surface area contributed by atoms with Crippen molar-refractivity contribution in [2.75, 3.05) is 44.7 Å². The number of carbonyl (C=O) groups is 1. The second-order valence-electron chi connectivity index (χ2n) is 5.24. The number of pyridine rings is 1. The van der Waals surface area contributed by atoms with Crippen molar-refractivity contribution in [2.45, 2.75) is 19.9 Å². The normalized spacial score (nSPS) is 17.2. The Morgan fingerprint density at radius 2 is 2.24 bits per heavy atom. The summed E-state index contributed by atoms with van der Waals surface area (Å²) in [5.41, 5.74) is 1.41. The molecule has 0 bridgehead atoms. The monoisotopic (exact) mass is 292 g/mol. The van der Waals surface area contributed by atoms with Gasteiger partial charge in [0.05, 0.1) is 30.7 Å². The molecular weight excluding hydrogens is 268 g/mol. The van der Waals surface area contributed by atoms with Crippen LogP contribution in [-0.4, -0.2) is 61.2 Å². The van der Waals surface area contributed by atoms with E-state index in [0.717, 1.165) is 45.1 Å². The minimum absolute atomic E-state index is 0.0610. The molecule has 21 heavy (non-hydrogen) atoms. The van der Waals surface area contributed by atoms with Crippen molar-refractivity contribution >= 4 is 11.6 Å². The number of hydrogen-bond donors (Lipinski definition) is 2. The van der Waals surface area contributed by atoms with Crippen molar-refractivity contribution in [3.8, 4) is 0 Å². The first-order chi connectivity index (χ1) is 10.2. The second kappa shape index (κ2) is 7.95. The van der Waals surface area contributed by atoms with Crippen LogP contribution in [0.25, 0.3) is 0 Å². The number of amides is 1. The van der Waals surface area contributed by atoms with Crippen LogP contribution in [0, 0.1) is 0 Å². The van der Waals surface area contributed by atoms with Gasteiger partial charge in [0, 0.05) is 38.4 Å². The van der Waals surface area contributed by atoms with Gasteiger partial charge >= 0.3 is 0 Å². The van der Waals surface area contributed by atoms with E-state index in [9.17, 15) is 4.79 Å². The molecule has 1 amide bonds. The third-order valence-electron chi connectivity index (χ3n) is 3.45. The van der Waals surface area contributed by atoms with E-state index in [-0.39, 0.29) is 11.9 Å². The number of morpholine rings is 1. The van der Waals surface area contributed by atoms with Crippen molar-refractivity contribution in [1.29, 1.82) is 0 Å². The molecule has 1 unspecified atom stereocenters. The molecule has 2 rings (SSSR count). The number of carbonyl (C=O) groups excluding carboxylic acids is 1. The molecule has 1 aliphatic heterocycles. The van der Waals surface area contributed by atoms with Crippen LogP contribution in [-0.2, 0) is 4.74 Å². The second-order valence-corrected chi connectivity index (χ2v) is 5.24. The first-order valence-electron chi connectivity index (χ1n) is 7.49. The summed E-state index contributed by atoms with van der Waals surface area (Å²) in [4.78, 5) is 18.7. The van der Waals surface area contributed by atoms with Crippen LogP contribution >= 0.6 is 0 Å². The number of ether oxygens (including phenoxy) is 1. The van der Waals surface area contributed by atoms with Gasteiger partial charge in [-0.3, -0.25) is 14.7 Å². The molecule has 2 heterocycles. The van der Waals surface area contributed by atoms with Crippen molar-refractivity contribution in [1.82, 2.24) is 15.2 Å². The quantitative estimate of drug-likeness (QED) is 0.817. The van der Waals surface area contributed by atoms with Gasteiger partial charge in [0.2, 0.25) is 0 Å². The zero-order valence-corrected chi connectivity index (χ0v) is 12.8. The predicted molar refractivity (Wildman–Crippen MR) is 82.6 cm³/mol. The summed E-state index contributed by atoms with van der Waals surface area (Å²) in [5.74, 6) is -0.0610. The van der Waals surface area contributed by atoms with E-state index in [1.165, 1.54) is 0 Å². The van der Waals surface area contributed by atoms with Gasteiger partial charge in [0.15, 0.2) is 0 Å². The van der Waals surface area contributed by atoms with E-state index in [2.05, 4.69) is 20.5 Å². The van der Waals surface area contributed by atoms with Crippen molar-refractivity contribution in [3.05, 3.63) is 24.0 Å². The van der Waals surface area contributed by atoms with E-state index in [1.807, 2.05) is 13.8 Å². The summed E-state index contributed by atoms with van der Waals surface area (Å²) in [7, 11) is 0. The minimum Gasteiger partial charge on any atom is -0.383 e. The van der Waals surface area contributed by atoms with Crippen molar-refractivity contribution in [2.24, 2.45) is 0 Å². The SMILES string of the molecule is CCNc1cnccc1C(=O)NC(C)CN1CCOCC1. The summed E-state index contributed by atoms with van der Waals surface area (Å²) in [6.45, 7) is 9.03. The topological polar surface area (TPSA) is 66.5 Å². The number of nitrogens with one attached hydrogen (secondary N) is 2. The highest BCUT2D eigenvalue weighted by Gasteiger charge is 2.17. The lowest BCUT2D eigenvalue weighted by molar-refractivity contribution is 0.0342. The molecule has 1 aromatic rings. The standard InChI is InChI=1S/C15H24N4O2/c1-3-17-14-10-16-5-4-13(14)15(20)18-12(2)11-19-6-8-21-9-7-19/h4-5,10,12,17H,3,6-9,11H2,1-2H3,(H,18,20). The zero-order chi connectivity index (χ0) is 15.1. The fourth-order valence-corrected chi connectivity index (χ4v) is 2.44. The largest absolute Gasteiger partial charge is 0.383 e. The van der Waals surface area contributed by atoms with Crippen LogP contribution in [0.4, 0.5) is 5.69 Å². The van der Waals surface area contributed by atoms with E-state index >= 15 is 0 Å². The van der Waals surface area contributed by atoms with Gasteiger partial charge in [-0.25, -0.2) is 0 Å². The van der Waals surface area contributed by atoms with Gasteiger partial charge < -0.3 is 15.4 Å². The van der Waals surface area contributed by atoms with Crippen molar-refractivity contribution < 1.29 is 9.53 Å². The molecule has 0 spiro atoms. The summed E-state index contributed by atoms with van der Waals surface area (Å²) >= 11 is 0. The smallest absolute Gasteiger partial charge is 0.253 e. The van der Waals surface area contributed by atoms with E-state index < -0.39 is 0 Å². The first-order valence-corrected chi connectivity index (χ1v) is 7.49.